The summed E-state index contributed by atoms with van der Waals surface area (Å²) in [6.45, 7) is 7.89. The van der Waals surface area contributed by atoms with Gasteiger partial charge in [0.1, 0.15) is 5.70 Å². The van der Waals surface area contributed by atoms with Crippen LogP contribution in [0.5, 0.6) is 0 Å². The van der Waals surface area contributed by atoms with Crippen LogP contribution in [0.25, 0.3) is 5.57 Å². The molecule has 0 saturated heterocycles. The molecular formula is C26H24N2O2. The van der Waals surface area contributed by atoms with E-state index >= 15 is 0 Å². The zero-order valence-electron chi connectivity index (χ0n) is 17.6. The minimum Gasteiger partial charge on any atom is -0.350 e. The second kappa shape index (κ2) is 7.64. The van der Waals surface area contributed by atoms with E-state index in [9.17, 15) is 9.59 Å². The zero-order chi connectivity index (χ0) is 21.4. The smallest absolute Gasteiger partial charge is 0.282 e. The van der Waals surface area contributed by atoms with Crippen molar-refractivity contribution in [3.05, 3.63) is 100 Å². The Bertz CT molecular complexity index is 1190. The molecule has 3 aromatic rings. The van der Waals surface area contributed by atoms with Crippen molar-refractivity contribution in [1.29, 1.82) is 0 Å². The van der Waals surface area contributed by atoms with E-state index in [1.54, 1.807) is 0 Å². The number of carbonyl (C=O) groups is 2. The standard InChI is InChI=1S/C26H24N2O2/c1-16-11-13-20(14-12-16)23-24(27-21-9-5-7-17(2)15-21)26(30)28(25(23)29)22-10-6-8-18(3)19(22)4/h5-15,27H,1-4H3. The quantitative estimate of drug-likeness (QED) is 0.608. The lowest BCUT2D eigenvalue weighted by molar-refractivity contribution is -0.120. The molecule has 3 aromatic carbocycles. The summed E-state index contributed by atoms with van der Waals surface area (Å²) in [5, 5.41) is 3.23. The normalized spacial score (nSPS) is 13.9. The first-order valence-electron chi connectivity index (χ1n) is 9.97. The molecule has 30 heavy (non-hydrogen) atoms. The van der Waals surface area contributed by atoms with Gasteiger partial charge in [-0.2, -0.15) is 0 Å². The van der Waals surface area contributed by atoms with Gasteiger partial charge in [0.2, 0.25) is 0 Å². The van der Waals surface area contributed by atoms with Gasteiger partial charge in [-0.15, -0.1) is 0 Å². The number of hydrogen-bond acceptors (Lipinski definition) is 3. The molecule has 0 radical (unpaired) electrons. The monoisotopic (exact) mass is 396 g/mol. The van der Waals surface area contributed by atoms with Gasteiger partial charge < -0.3 is 5.32 Å². The molecule has 0 atom stereocenters. The van der Waals surface area contributed by atoms with Crippen LogP contribution in [0.4, 0.5) is 11.4 Å². The Kier molecular flexibility index (Phi) is 5.00. The predicted molar refractivity (Wildman–Crippen MR) is 121 cm³/mol. The summed E-state index contributed by atoms with van der Waals surface area (Å²) >= 11 is 0. The van der Waals surface area contributed by atoms with Gasteiger partial charge in [-0.3, -0.25) is 9.59 Å². The fraction of sp³-hybridized carbons (Fsp3) is 0.154. The molecule has 1 heterocycles. The maximum absolute atomic E-state index is 13.5. The summed E-state index contributed by atoms with van der Waals surface area (Å²) in [5.41, 5.74) is 6.93. The van der Waals surface area contributed by atoms with Gasteiger partial charge in [0, 0.05) is 5.69 Å². The Morgan fingerprint density at radius 1 is 0.733 bits per heavy atom. The molecule has 2 amide bonds. The minimum atomic E-state index is -0.342. The summed E-state index contributed by atoms with van der Waals surface area (Å²) in [6, 6.07) is 21.1. The van der Waals surface area contributed by atoms with Crippen molar-refractivity contribution in [3.63, 3.8) is 0 Å². The summed E-state index contributed by atoms with van der Waals surface area (Å²) in [4.78, 5) is 28.3. The Hall–Kier alpha value is -3.66. The molecule has 1 aliphatic heterocycles. The van der Waals surface area contributed by atoms with E-state index in [4.69, 9.17) is 0 Å². The third-order valence-corrected chi connectivity index (χ3v) is 5.53. The molecule has 4 rings (SSSR count). The molecule has 150 valence electrons. The van der Waals surface area contributed by atoms with Crippen LogP contribution in [0.1, 0.15) is 27.8 Å². The van der Waals surface area contributed by atoms with E-state index in [1.807, 2.05) is 94.4 Å². The van der Waals surface area contributed by atoms with E-state index in [1.165, 1.54) is 4.90 Å². The van der Waals surface area contributed by atoms with E-state index < -0.39 is 0 Å². The van der Waals surface area contributed by atoms with Crippen LogP contribution in [0.3, 0.4) is 0 Å². The number of imide groups is 1. The number of hydrogen-bond donors (Lipinski definition) is 1. The van der Waals surface area contributed by atoms with Crippen LogP contribution < -0.4 is 10.2 Å². The van der Waals surface area contributed by atoms with Crippen molar-refractivity contribution in [2.75, 3.05) is 10.2 Å². The van der Waals surface area contributed by atoms with E-state index in [-0.39, 0.29) is 11.8 Å². The van der Waals surface area contributed by atoms with E-state index in [0.29, 0.717) is 17.0 Å². The molecule has 0 aliphatic carbocycles. The highest BCUT2D eigenvalue weighted by atomic mass is 16.2. The zero-order valence-corrected chi connectivity index (χ0v) is 17.6. The molecule has 0 aromatic heterocycles. The number of nitrogens with one attached hydrogen (secondary N) is 1. The van der Waals surface area contributed by atoms with E-state index in [2.05, 4.69) is 5.32 Å². The van der Waals surface area contributed by atoms with Crippen LogP contribution in [-0.2, 0) is 9.59 Å². The lowest BCUT2D eigenvalue weighted by Crippen LogP contribution is -2.33. The first-order chi connectivity index (χ1) is 14.4. The highest BCUT2D eigenvalue weighted by Gasteiger charge is 2.40. The Morgan fingerprint density at radius 2 is 1.43 bits per heavy atom. The highest BCUT2D eigenvalue weighted by Crippen LogP contribution is 2.35. The topological polar surface area (TPSA) is 49.4 Å². The highest BCUT2D eigenvalue weighted by molar-refractivity contribution is 6.46. The van der Waals surface area contributed by atoms with Gasteiger partial charge in [-0.25, -0.2) is 4.90 Å². The predicted octanol–water partition coefficient (Wildman–Crippen LogP) is 5.32. The number of benzene rings is 3. The van der Waals surface area contributed by atoms with Crippen molar-refractivity contribution >= 4 is 28.8 Å². The molecule has 0 bridgehead atoms. The van der Waals surface area contributed by atoms with Crippen LogP contribution >= 0.6 is 0 Å². The number of carbonyl (C=O) groups excluding carboxylic acids is 2. The Morgan fingerprint density at radius 3 is 2.13 bits per heavy atom. The molecule has 1 N–H and O–H groups in total. The van der Waals surface area contributed by atoms with E-state index in [0.717, 1.165) is 33.5 Å². The maximum Gasteiger partial charge on any atom is 0.282 e. The van der Waals surface area contributed by atoms with Crippen LogP contribution in [0, 0.1) is 27.7 Å². The molecular weight excluding hydrogens is 372 g/mol. The van der Waals surface area contributed by atoms with Crippen molar-refractivity contribution in [2.24, 2.45) is 0 Å². The van der Waals surface area contributed by atoms with Crippen LogP contribution in [0.15, 0.2) is 72.4 Å². The SMILES string of the molecule is Cc1ccc(C2=C(Nc3cccc(C)c3)C(=O)N(c3cccc(C)c3C)C2=O)cc1. The number of nitrogens with zero attached hydrogens (tertiary/aromatic N) is 1. The number of amides is 2. The second-order valence-corrected chi connectivity index (χ2v) is 7.78. The van der Waals surface area contributed by atoms with Crippen LogP contribution in [0.2, 0.25) is 0 Å². The van der Waals surface area contributed by atoms with Gasteiger partial charge in [-0.1, -0.05) is 54.1 Å². The largest absolute Gasteiger partial charge is 0.350 e. The maximum atomic E-state index is 13.5. The van der Waals surface area contributed by atoms with Crippen molar-refractivity contribution in [2.45, 2.75) is 27.7 Å². The summed E-state index contributed by atoms with van der Waals surface area (Å²) in [5.74, 6) is -0.654. The lowest BCUT2D eigenvalue weighted by Gasteiger charge is -2.19. The third-order valence-electron chi connectivity index (χ3n) is 5.53. The average molecular weight is 396 g/mol. The van der Waals surface area contributed by atoms with Gasteiger partial charge in [0.15, 0.2) is 0 Å². The average Bonchev–Trinajstić information content (AvgIpc) is 2.95. The molecule has 0 saturated carbocycles. The van der Waals surface area contributed by atoms with Gasteiger partial charge in [-0.05, 0) is 68.1 Å². The summed E-state index contributed by atoms with van der Waals surface area (Å²) < 4.78 is 0. The third kappa shape index (κ3) is 3.41. The minimum absolute atomic E-state index is 0.301. The van der Waals surface area contributed by atoms with Crippen molar-refractivity contribution in [1.82, 2.24) is 0 Å². The van der Waals surface area contributed by atoms with Crippen molar-refractivity contribution < 1.29 is 9.59 Å². The van der Waals surface area contributed by atoms with Crippen molar-refractivity contribution in [3.8, 4) is 0 Å². The van der Waals surface area contributed by atoms with Gasteiger partial charge >= 0.3 is 0 Å². The van der Waals surface area contributed by atoms with Gasteiger partial charge in [0.05, 0.1) is 11.3 Å². The van der Waals surface area contributed by atoms with Gasteiger partial charge in [0.25, 0.3) is 11.8 Å². The number of rotatable bonds is 4. The molecule has 1 aliphatic rings. The first-order valence-corrected chi connectivity index (χ1v) is 9.97. The fourth-order valence-electron chi connectivity index (χ4n) is 3.70. The number of aryl methyl sites for hydroxylation is 3. The molecule has 0 unspecified atom stereocenters. The summed E-state index contributed by atoms with van der Waals surface area (Å²) in [6.07, 6.45) is 0. The number of anilines is 2. The molecule has 4 heteroatoms. The second-order valence-electron chi connectivity index (χ2n) is 7.78. The van der Waals surface area contributed by atoms with Crippen LogP contribution in [-0.4, -0.2) is 11.8 Å². The Labute approximate surface area is 176 Å². The summed E-state index contributed by atoms with van der Waals surface area (Å²) in [7, 11) is 0. The molecule has 0 fully saturated rings. The lowest BCUT2D eigenvalue weighted by atomic mass is 10.0. The fourth-order valence-corrected chi connectivity index (χ4v) is 3.70. The molecule has 4 nitrogen and oxygen atoms in total. The molecule has 0 spiro atoms. The first kappa shape index (κ1) is 19.6. The Balaban J connectivity index is 1.86.